The Kier molecular flexibility index (Phi) is 1.66. The van der Waals surface area contributed by atoms with Crippen LogP contribution in [0.15, 0.2) is 23.0 Å². The van der Waals surface area contributed by atoms with Gasteiger partial charge in [0, 0.05) is 11.8 Å². The summed E-state index contributed by atoms with van der Waals surface area (Å²) in [6.45, 7) is 0. The van der Waals surface area contributed by atoms with Crippen LogP contribution < -0.4 is 5.69 Å². The largest absolute Gasteiger partial charge is 0.366 e. The molecule has 0 unspecified atom stereocenters. The number of carbonyl (C=O) groups excluding carboxylic acids is 1. The highest BCUT2D eigenvalue weighted by atomic mass is 35.5. The summed E-state index contributed by atoms with van der Waals surface area (Å²) < 4.78 is 1.81. The summed E-state index contributed by atoms with van der Waals surface area (Å²) in [5.74, 6) is 0. The Morgan fingerprint density at radius 2 is 2.23 bits per heavy atom. The van der Waals surface area contributed by atoms with Gasteiger partial charge in [-0.2, -0.15) is 0 Å². The van der Waals surface area contributed by atoms with Crippen molar-refractivity contribution >= 4 is 23.7 Å². The van der Waals surface area contributed by atoms with E-state index in [2.05, 4.69) is 5.10 Å². The normalized spacial score (nSPS) is 10.5. The van der Waals surface area contributed by atoms with Crippen LogP contribution in [0.1, 0.15) is 10.5 Å². The zero-order valence-corrected chi connectivity index (χ0v) is 7.10. The van der Waals surface area contributed by atoms with Gasteiger partial charge in [0.05, 0.1) is 5.69 Å². The van der Waals surface area contributed by atoms with Crippen LogP contribution in [0.2, 0.25) is 0 Å². The van der Waals surface area contributed by atoms with E-state index in [0.29, 0.717) is 16.1 Å². The molecule has 6 heteroatoms. The van der Waals surface area contributed by atoms with E-state index >= 15 is 0 Å². The highest BCUT2D eigenvalue weighted by Gasteiger charge is 2.07. The first-order valence-corrected chi connectivity index (χ1v) is 3.80. The predicted octanol–water partition coefficient (Wildman–Crippen LogP) is 0.310. The molecule has 0 atom stereocenters. The van der Waals surface area contributed by atoms with Gasteiger partial charge in [-0.05, 0) is 12.1 Å². The Hall–Kier alpha value is -1.62. The van der Waals surface area contributed by atoms with E-state index in [1.165, 1.54) is 6.07 Å². The molecule has 0 aliphatic rings. The third-order valence-corrected chi connectivity index (χ3v) is 1.88. The van der Waals surface area contributed by atoms with Crippen LogP contribution in [0.5, 0.6) is 0 Å². The molecule has 2 heterocycles. The molecule has 0 saturated carbocycles. The van der Waals surface area contributed by atoms with Gasteiger partial charge in [0.2, 0.25) is 0 Å². The van der Waals surface area contributed by atoms with Crippen LogP contribution in [0.25, 0.3) is 5.65 Å². The molecule has 2 rings (SSSR count). The predicted molar refractivity (Wildman–Crippen MR) is 46.1 cm³/mol. The molecule has 0 bridgehead atoms. The van der Waals surface area contributed by atoms with E-state index in [1.807, 2.05) is 0 Å². The fourth-order valence-electron chi connectivity index (χ4n) is 1.11. The van der Waals surface area contributed by atoms with E-state index in [0.717, 1.165) is 4.40 Å². The molecule has 5 nitrogen and oxygen atoms in total. The quantitative estimate of drug-likeness (QED) is 0.619. The number of pyridine rings is 1. The van der Waals surface area contributed by atoms with Crippen LogP contribution in [0, 0.1) is 0 Å². The first-order chi connectivity index (χ1) is 6.24. The summed E-state index contributed by atoms with van der Waals surface area (Å²) >= 11 is 5.44. The lowest BCUT2D eigenvalue weighted by molar-refractivity contribution is 0.111. The van der Waals surface area contributed by atoms with Crippen molar-refractivity contribution in [2.24, 2.45) is 0 Å². The number of halogens is 1. The summed E-state index contributed by atoms with van der Waals surface area (Å²) in [6, 6.07) is 4.73. The van der Waals surface area contributed by atoms with Crippen LogP contribution in [-0.2, 0) is 0 Å². The number of hydrogen-bond acceptors (Lipinski definition) is 3. The topological polar surface area (TPSA) is 56.4 Å². The highest BCUT2D eigenvalue weighted by Crippen LogP contribution is 2.00. The minimum absolute atomic E-state index is 0.231. The van der Waals surface area contributed by atoms with Gasteiger partial charge in [-0.1, -0.05) is 6.07 Å². The lowest BCUT2D eigenvalue weighted by atomic mass is 10.4. The monoisotopic (exact) mass is 197 g/mol. The number of rotatable bonds is 1. The van der Waals surface area contributed by atoms with Crippen LogP contribution >= 0.6 is 11.8 Å². The molecule has 0 saturated heterocycles. The van der Waals surface area contributed by atoms with Crippen molar-refractivity contribution in [3.63, 3.8) is 0 Å². The number of carbonyl (C=O) groups is 1. The Bertz CT molecular complexity index is 528. The van der Waals surface area contributed by atoms with Gasteiger partial charge in [-0.25, -0.2) is 9.20 Å². The maximum absolute atomic E-state index is 11.3. The van der Waals surface area contributed by atoms with Gasteiger partial charge < -0.3 is 0 Å². The molecule has 0 aromatic carbocycles. The molecule has 0 radical (unpaired) electrons. The lowest BCUT2D eigenvalue weighted by Gasteiger charge is -1.92. The van der Waals surface area contributed by atoms with E-state index in [4.69, 9.17) is 11.8 Å². The van der Waals surface area contributed by atoms with Crippen molar-refractivity contribution in [3.05, 3.63) is 34.4 Å². The third kappa shape index (κ3) is 1.05. The first-order valence-electron chi connectivity index (χ1n) is 3.46. The Morgan fingerprint density at radius 3 is 2.92 bits per heavy atom. The molecule has 66 valence electrons. The van der Waals surface area contributed by atoms with Crippen LogP contribution in [0.3, 0.4) is 0 Å². The summed E-state index contributed by atoms with van der Waals surface area (Å²) in [4.78, 5) is 21.8. The third-order valence-electron chi connectivity index (χ3n) is 1.66. The highest BCUT2D eigenvalue weighted by molar-refractivity contribution is 6.14. The summed E-state index contributed by atoms with van der Waals surface area (Å²) in [5.41, 5.74) is 0.0402. The van der Waals surface area contributed by atoms with E-state index in [1.54, 1.807) is 12.1 Å². The van der Waals surface area contributed by atoms with Gasteiger partial charge in [-0.3, -0.25) is 4.79 Å². The second kappa shape index (κ2) is 2.70. The molecular weight excluding hydrogens is 194 g/mol. The number of fused-ring (bicyclic) bond motifs is 1. The Labute approximate surface area is 77.3 Å². The molecule has 0 N–H and O–H groups in total. The van der Waals surface area contributed by atoms with Crippen molar-refractivity contribution in [1.82, 2.24) is 13.7 Å². The molecule has 0 aliphatic heterocycles. The standard InChI is InChI=1S/C7H4ClN3O2/c8-11-7(13)10-5(4-12)2-1-3-6(10)9-11/h1-4H. The zero-order valence-electron chi connectivity index (χ0n) is 6.35. The molecule has 2 aromatic rings. The number of nitrogens with zero attached hydrogens (tertiary/aromatic N) is 3. The number of aldehydes is 1. The van der Waals surface area contributed by atoms with Crippen LogP contribution in [-0.4, -0.2) is 20.0 Å². The summed E-state index contributed by atoms with van der Waals surface area (Å²) in [5, 5.41) is 3.69. The van der Waals surface area contributed by atoms with Crippen molar-refractivity contribution in [1.29, 1.82) is 0 Å². The summed E-state index contributed by atoms with van der Waals surface area (Å²) in [7, 11) is 0. The van der Waals surface area contributed by atoms with Gasteiger partial charge in [-0.15, -0.1) is 9.30 Å². The minimum atomic E-state index is -0.542. The smallest absolute Gasteiger partial charge is 0.296 e. The SMILES string of the molecule is O=Cc1cccc2nn(Cl)c(=O)n12. The van der Waals surface area contributed by atoms with Crippen molar-refractivity contribution in [2.75, 3.05) is 0 Å². The number of aromatic nitrogens is 3. The average Bonchev–Trinajstić information content (AvgIpc) is 2.43. The lowest BCUT2D eigenvalue weighted by Crippen LogP contribution is -2.17. The molecule has 13 heavy (non-hydrogen) atoms. The van der Waals surface area contributed by atoms with Crippen molar-refractivity contribution in [2.45, 2.75) is 0 Å². The summed E-state index contributed by atoms with van der Waals surface area (Å²) in [6.07, 6.45) is 0.576. The molecule has 0 spiro atoms. The maximum atomic E-state index is 11.3. The van der Waals surface area contributed by atoms with Gasteiger partial charge in [0.1, 0.15) is 0 Å². The van der Waals surface area contributed by atoms with E-state index in [-0.39, 0.29) is 5.69 Å². The van der Waals surface area contributed by atoms with E-state index in [9.17, 15) is 9.59 Å². The second-order valence-corrected chi connectivity index (χ2v) is 2.73. The van der Waals surface area contributed by atoms with Crippen LogP contribution in [0.4, 0.5) is 0 Å². The molecule has 0 amide bonds. The van der Waals surface area contributed by atoms with Crippen molar-refractivity contribution < 1.29 is 4.79 Å². The molecule has 2 aromatic heterocycles. The van der Waals surface area contributed by atoms with E-state index < -0.39 is 5.69 Å². The molecule has 0 aliphatic carbocycles. The maximum Gasteiger partial charge on any atom is 0.366 e. The Morgan fingerprint density at radius 1 is 1.46 bits per heavy atom. The Balaban J connectivity index is 3.03. The average molecular weight is 198 g/mol. The number of hydrogen-bond donors (Lipinski definition) is 0. The van der Waals surface area contributed by atoms with Gasteiger partial charge in [0.25, 0.3) is 0 Å². The molecular formula is C7H4ClN3O2. The van der Waals surface area contributed by atoms with Gasteiger partial charge in [0.15, 0.2) is 11.9 Å². The van der Waals surface area contributed by atoms with Gasteiger partial charge >= 0.3 is 5.69 Å². The minimum Gasteiger partial charge on any atom is -0.296 e. The first kappa shape index (κ1) is 8.00. The van der Waals surface area contributed by atoms with Crippen molar-refractivity contribution in [3.8, 4) is 0 Å². The fourth-order valence-corrected chi connectivity index (χ4v) is 1.26. The fraction of sp³-hybridized carbons (Fsp3) is 0. The molecule has 0 fully saturated rings. The second-order valence-electron chi connectivity index (χ2n) is 2.40. The zero-order chi connectivity index (χ0) is 9.42.